The molecule has 0 saturated carbocycles. The molecular weight excluding hydrogens is 489 g/mol. The predicted octanol–water partition coefficient (Wildman–Crippen LogP) is 4.31. The summed E-state index contributed by atoms with van der Waals surface area (Å²) in [6.45, 7) is 8.52. The fraction of sp³-hybridized carbons (Fsp3) is 0.429. The van der Waals surface area contributed by atoms with E-state index >= 15 is 0 Å². The Balaban J connectivity index is 1.02. The molecule has 1 aliphatic heterocycles. The van der Waals surface area contributed by atoms with E-state index in [9.17, 15) is 9.50 Å². The molecule has 1 atom stereocenters. The van der Waals surface area contributed by atoms with Crippen molar-refractivity contribution >= 4 is 21.6 Å². The molecule has 0 bridgehead atoms. The van der Waals surface area contributed by atoms with Crippen LogP contribution in [-0.2, 0) is 13.0 Å². The number of nitrogens with zero attached hydrogens (tertiary/aromatic N) is 5. The van der Waals surface area contributed by atoms with E-state index in [0.717, 1.165) is 79.5 Å². The van der Waals surface area contributed by atoms with Crippen LogP contribution in [0.3, 0.4) is 0 Å². The van der Waals surface area contributed by atoms with Crippen molar-refractivity contribution < 1.29 is 14.2 Å². The maximum Gasteiger partial charge on any atom is 0.123 e. The lowest BCUT2D eigenvalue weighted by molar-refractivity contribution is 0.0453. The SMILES string of the molecule is CCCc1nc2cc(OC[C@@H](O)CN3CCN(CCn4cc(-c5ccc(F)cc5)cn4)CC3)ccc2s1. The fourth-order valence-corrected chi connectivity index (χ4v) is 5.67. The average molecular weight is 524 g/mol. The molecule has 2 aromatic carbocycles. The Bertz CT molecular complexity index is 1280. The number of β-amino-alcohol motifs (C(OH)–C–C–N with tert-alkyl or cyclic N) is 1. The minimum absolute atomic E-state index is 0.232. The zero-order valence-corrected chi connectivity index (χ0v) is 22.0. The number of thiazole rings is 1. The van der Waals surface area contributed by atoms with Crippen molar-refractivity contribution in [1.29, 1.82) is 0 Å². The largest absolute Gasteiger partial charge is 0.491 e. The molecule has 9 heteroatoms. The number of piperazine rings is 1. The third kappa shape index (κ3) is 6.93. The number of fused-ring (bicyclic) bond motifs is 1. The molecule has 0 aliphatic carbocycles. The predicted molar refractivity (Wildman–Crippen MR) is 146 cm³/mol. The first kappa shape index (κ1) is 25.8. The lowest BCUT2D eigenvalue weighted by atomic mass is 10.1. The van der Waals surface area contributed by atoms with E-state index in [2.05, 4.69) is 32.9 Å². The number of hydrogen-bond donors (Lipinski definition) is 1. The van der Waals surface area contributed by atoms with Crippen LogP contribution < -0.4 is 4.74 Å². The molecule has 0 spiro atoms. The van der Waals surface area contributed by atoms with Crippen LogP contribution in [0.2, 0.25) is 0 Å². The van der Waals surface area contributed by atoms with Gasteiger partial charge in [-0.05, 0) is 42.7 Å². The van der Waals surface area contributed by atoms with Gasteiger partial charge in [-0.25, -0.2) is 9.37 Å². The van der Waals surface area contributed by atoms with Gasteiger partial charge in [0.25, 0.3) is 0 Å². The Kier molecular flexibility index (Phi) is 8.45. The number of hydrogen-bond acceptors (Lipinski definition) is 7. The summed E-state index contributed by atoms with van der Waals surface area (Å²) < 4.78 is 22.2. The third-order valence-corrected chi connectivity index (χ3v) is 7.80. The number of aryl methyl sites for hydroxylation is 1. The van der Waals surface area contributed by atoms with Crippen molar-refractivity contribution in [3.05, 3.63) is 65.7 Å². The van der Waals surface area contributed by atoms with Crippen molar-refractivity contribution in [2.75, 3.05) is 45.9 Å². The second-order valence-electron chi connectivity index (χ2n) is 9.59. The van der Waals surface area contributed by atoms with Gasteiger partial charge in [0.15, 0.2) is 0 Å². The molecule has 0 amide bonds. The summed E-state index contributed by atoms with van der Waals surface area (Å²) >= 11 is 1.74. The fourth-order valence-electron chi connectivity index (χ4n) is 4.63. The summed E-state index contributed by atoms with van der Waals surface area (Å²) in [5.74, 6) is 0.524. The van der Waals surface area contributed by atoms with E-state index in [1.54, 1.807) is 23.5 Å². The summed E-state index contributed by atoms with van der Waals surface area (Å²) in [6, 6.07) is 12.5. The molecular formula is C28H34FN5O2S. The highest BCUT2D eigenvalue weighted by Gasteiger charge is 2.19. The van der Waals surface area contributed by atoms with Crippen molar-refractivity contribution in [2.45, 2.75) is 32.4 Å². The molecule has 7 nitrogen and oxygen atoms in total. The summed E-state index contributed by atoms with van der Waals surface area (Å²) in [4.78, 5) is 9.41. The highest BCUT2D eigenvalue weighted by molar-refractivity contribution is 7.18. The number of ether oxygens (including phenoxy) is 1. The van der Waals surface area contributed by atoms with Crippen molar-refractivity contribution in [2.24, 2.45) is 0 Å². The summed E-state index contributed by atoms with van der Waals surface area (Å²) in [7, 11) is 0. The van der Waals surface area contributed by atoms with E-state index in [-0.39, 0.29) is 12.4 Å². The van der Waals surface area contributed by atoms with Crippen LogP contribution in [0.5, 0.6) is 5.75 Å². The number of benzene rings is 2. The van der Waals surface area contributed by atoms with Gasteiger partial charge in [-0.15, -0.1) is 11.3 Å². The topological polar surface area (TPSA) is 66.7 Å². The van der Waals surface area contributed by atoms with Gasteiger partial charge >= 0.3 is 0 Å². The molecule has 196 valence electrons. The van der Waals surface area contributed by atoms with Gasteiger partial charge in [-0.2, -0.15) is 5.10 Å². The molecule has 37 heavy (non-hydrogen) atoms. The smallest absolute Gasteiger partial charge is 0.123 e. The molecule has 1 N–H and O–H groups in total. The van der Waals surface area contributed by atoms with Crippen LogP contribution in [0.25, 0.3) is 21.3 Å². The summed E-state index contributed by atoms with van der Waals surface area (Å²) in [5.41, 5.74) is 2.93. The number of aliphatic hydroxyl groups is 1. The maximum atomic E-state index is 13.2. The summed E-state index contributed by atoms with van der Waals surface area (Å²) in [5, 5.41) is 16.2. The second-order valence-corrected chi connectivity index (χ2v) is 10.7. The van der Waals surface area contributed by atoms with Gasteiger partial charge < -0.3 is 9.84 Å². The van der Waals surface area contributed by atoms with Crippen molar-refractivity contribution in [3.8, 4) is 16.9 Å². The molecule has 1 fully saturated rings. The molecule has 2 aromatic heterocycles. The average Bonchev–Trinajstić information content (AvgIpc) is 3.54. The van der Waals surface area contributed by atoms with E-state index in [1.807, 2.05) is 29.2 Å². The molecule has 0 radical (unpaired) electrons. The third-order valence-electron chi connectivity index (χ3n) is 6.70. The normalized spacial score (nSPS) is 15.9. The lowest BCUT2D eigenvalue weighted by Crippen LogP contribution is -2.49. The Labute approximate surface area is 221 Å². The number of aliphatic hydroxyl groups excluding tert-OH is 1. The molecule has 4 aromatic rings. The van der Waals surface area contributed by atoms with Crippen molar-refractivity contribution in [1.82, 2.24) is 24.6 Å². The van der Waals surface area contributed by atoms with Crippen LogP contribution in [0.1, 0.15) is 18.4 Å². The zero-order chi connectivity index (χ0) is 25.6. The van der Waals surface area contributed by atoms with Gasteiger partial charge in [0.05, 0.1) is 28.0 Å². The van der Waals surface area contributed by atoms with Gasteiger partial charge in [0, 0.05) is 57.1 Å². The molecule has 0 unspecified atom stereocenters. The molecule has 3 heterocycles. The first-order valence-electron chi connectivity index (χ1n) is 13.0. The standard InChI is InChI=1S/C28H34FN5O2S/c1-2-3-28-31-26-16-25(8-9-27(26)37-28)36-20-24(35)19-33-12-10-32(11-13-33)14-15-34-18-22(17-30-34)21-4-6-23(29)7-5-21/h4-9,16-18,24,35H,2-3,10-15,19-20H2,1H3/t24-/m0/s1. The Morgan fingerprint density at radius 2 is 1.81 bits per heavy atom. The van der Waals surface area contributed by atoms with Gasteiger partial charge in [-0.1, -0.05) is 19.1 Å². The Morgan fingerprint density at radius 1 is 1.03 bits per heavy atom. The van der Waals surface area contributed by atoms with Gasteiger partial charge in [0.2, 0.25) is 0 Å². The van der Waals surface area contributed by atoms with Gasteiger partial charge in [-0.3, -0.25) is 14.5 Å². The Morgan fingerprint density at radius 3 is 2.59 bits per heavy atom. The molecule has 5 rings (SSSR count). The number of rotatable bonds is 11. The first-order chi connectivity index (χ1) is 18.1. The second kappa shape index (κ2) is 12.1. The van der Waals surface area contributed by atoms with Crippen LogP contribution in [0, 0.1) is 5.82 Å². The van der Waals surface area contributed by atoms with Crippen LogP contribution in [0.4, 0.5) is 4.39 Å². The van der Waals surface area contributed by atoms with Crippen LogP contribution in [-0.4, -0.2) is 81.7 Å². The maximum absolute atomic E-state index is 13.2. The van der Waals surface area contributed by atoms with Crippen LogP contribution >= 0.6 is 11.3 Å². The van der Waals surface area contributed by atoms with E-state index < -0.39 is 6.10 Å². The summed E-state index contributed by atoms with van der Waals surface area (Å²) in [6.07, 6.45) is 5.39. The highest BCUT2D eigenvalue weighted by Crippen LogP contribution is 2.27. The van der Waals surface area contributed by atoms with Crippen molar-refractivity contribution in [3.63, 3.8) is 0 Å². The van der Waals surface area contributed by atoms with Gasteiger partial charge in [0.1, 0.15) is 24.3 Å². The minimum atomic E-state index is -0.540. The number of halogens is 1. The lowest BCUT2D eigenvalue weighted by Gasteiger charge is -2.35. The zero-order valence-electron chi connectivity index (χ0n) is 21.2. The molecule has 1 aliphatic rings. The quantitative estimate of drug-likeness (QED) is 0.316. The van der Waals surface area contributed by atoms with E-state index in [0.29, 0.717) is 6.54 Å². The Hall–Kier alpha value is -2.85. The van der Waals surface area contributed by atoms with Crippen LogP contribution in [0.15, 0.2) is 54.9 Å². The monoisotopic (exact) mass is 523 g/mol. The molecule has 1 saturated heterocycles. The minimum Gasteiger partial charge on any atom is -0.491 e. The highest BCUT2D eigenvalue weighted by atomic mass is 32.1. The number of aromatic nitrogens is 3. The first-order valence-corrected chi connectivity index (χ1v) is 13.8. The van der Waals surface area contributed by atoms with E-state index in [1.165, 1.54) is 16.8 Å². The van der Waals surface area contributed by atoms with E-state index in [4.69, 9.17) is 4.74 Å².